The quantitative estimate of drug-likeness (QED) is 0.420. The van der Waals surface area contributed by atoms with Crippen LogP contribution in [0.15, 0.2) is 0 Å². The van der Waals surface area contributed by atoms with Crippen LogP contribution in [0.5, 0.6) is 0 Å². The molecule has 0 aliphatic heterocycles. The van der Waals surface area contributed by atoms with Crippen molar-refractivity contribution in [3.63, 3.8) is 0 Å². The number of nitrogens with two attached hydrogens (primary N) is 3. The van der Waals surface area contributed by atoms with E-state index in [1.165, 1.54) is 0 Å². The molecule has 0 spiro atoms. The maximum absolute atomic E-state index is 13.7. The van der Waals surface area contributed by atoms with E-state index in [1.807, 2.05) is 0 Å². The van der Waals surface area contributed by atoms with Gasteiger partial charge < -0.3 is 17.2 Å². The van der Waals surface area contributed by atoms with E-state index in [0.717, 1.165) is 0 Å². The van der Waals surface area contributed by atoms with Gasteiger partial charge >= 0.3 is 0 Å². The lowest BCUT2D eigenvalue weighted by Gasteiger charge is -2.10. The first-order valence-corrected chi connectivity index (χ1v) is 4.96. The van der Waals surface area contributed by atoms with Gasteiger partial charge in [0.05, 0.1) is 5.56 Å². The molecule has 1 aromatic heterocycles. The molecule has 0 aliphatic carbocycles. The van der Waals surface area contributed by atoms with Crippen LogP contribution in [0.4, 0.5) is 39.4 Å². The summed E-state index contributed by atoms with van der Waals surface area (Å²) < 4.78 is 67.6. The van der Waals surface area contributed by atoms with Gasteiger partial charge in [0.15, 0.2) is 34.9 Å². The minimum absolute atomic E-state index is 0.629. The Morgan fingerprint density at radius 1 is 0.650 bits per heavy atom. The number of benzene rings is 1. The lowest BCUT2D eigenvalue weighted by atomic mass is 10.1. The first kappa shape index (κ1) is 13.8. The fourth-order valence-corrected chi connectivity index (χ4v) is 1.50. The molecule has 106 valence electrons. The average Bonchev–Trinajstić information content (AvgIpc) is 2.39. The molecule has 1 heterocycles. The predicted molar refractivity (Wildman–Crippen MR) is 60.5 cm³/mol. The highest BCUT2D eigenvalue weighted by molar-refractivity contribution is 5.68. The van der Waals surface area contributed by atoms with Crippen molar-refractivity contribution >= 4 is 17.5 Å². The van der Waals surface area contributed by atoms with Gasteiger partial charge in [-0.05, 0) is 0 Å². The molecule has 1 aromatic carbocycles. The molecule has 0 saturated heterocycles. The minimum atomic E-state index is -1.92. The predicted octanol–water partition coefficient (Wildman–Crippen LogP) is 1.59. The Kier molecular flexibility index (Phi) is 3.08. The Balaban J connectivity index is 2.91. The Morgan fingerprint density at radius 2 is 1.15 bits per heavy atom. The van der Waals surface area contributed by atoms with Crippen molar-refractivity contribution in [2.45, 2.75) is 0 Å². The number of hydrogen-bond donors (Lipinski definition) is 3. The van der Waals surface area contributed by atoms with Crippen molar-refractivity contribution in [2.24, 2.45) is 0 Å². The van der Waals surface area contributed by atoms with Gasteiger partial charge in [-0.25, -0.2) is 26.9 Å². The molecule has 0 amide bonds. The van der Waals surface area contributed by atoms with E-state index in [9.17, 15) is 22.0 Å². The SMILES string of the molecule is Nc1nc(N)c(F)c(-c2c(F)c(F)c(N)c(F)c2F)n1. The van der Waals surface area contributed by atoms with Crippen LogP contribution in [0.1, 0.15) is 0 Å². The third-order valence-corrected chi connectivity index (χ3v) is 2.43. The maximum Gasteiger partial charge on any atom is 0.222 e. The van der Waals surface area contributed by atoms with Crippen LogP contribution >= 0.6 is 0 Å². The molecule has 6 N–H and O–H groups in total. The van der Waals surface area contributed by atoms with E-state index >= 15 is 0 Å². The highest BCUT2D eigenvalue weighted by Gasteiger charge is 2.28. The highest BCUT2D eigenvalue weighted by atomic mass is 19.2. The number of halogens is 5. The molecule has 10 heteroatoms. The van der Waals surface area contributed by atoms with Crippen LogP contribution < -0.4 is 17.2 Å². The summed E-state index contributed by atoms with van der Waals surface area (Å²) in [5.74, 6) is -10.5. The zero-order valence-electron chi connectivity index (χ0n) is 9.52. The van der Waals surface area contributed by atoms with Crippen LogP contribution in [0, 0.1) is 29.1 Å². The van der Waals surface area contributed by atoms with Crippen LogP contribution in [-0.4, -0.2) is 9.97 Å². The standard InChI is InChI=1S/C10H6F5N5/c11-2-1(3(12)5(14)7(16)4(2)13)8-6(15)9(17)20-10(18)19-8/h16H2,(H4,17,18,19,20). The molecule has 2 aromatic rings. The monoisotopic (exact) mass is 291 g/mol. The topological polar surface area (TPSA) is 104 Å². The number of nitrogens with zero attached hydrogens (tertiary/aromatic N) is 2. The molecule has 0 saturated carbocycles. The van der Waals surface area contributed by atoms with Gasteiger partial charge in [-0.3, -0.25) is 0 Å². The van der Waals surface area contributed by atoms with Crippen molar-refractivity contribution in [3.05, 3.63) is 29.1 Å². The lowest BCUT2D eigenvalue weighted by molar-refractivity contribution is 0.462. The summed E-state index contributed by atoms with van der Waals surface area (Å²) in [6, 6.07) is 0. The van der Waals surface area contributed by atoms with Crippen molar-refractivity contribution in [2.75, 3.05) is 17.2 Å². The molecule has 0 unspecified atom stereocenters. The molecule has 0 aliphatic rings. The molecular weight excluding hydrogens is 285 g/mol. The van der Waals surface area contributed by atoms with Crippen LogP contribution in [0.25, 0.3) is 11.3 Å². The Bertz CT molecular complexity index is 689. The number of hydrogen-bond acceptors (Lipinski definition) is 5. The average molecular weight is 291 g/mol. The van der Waals surface area contributed by atoms with Gasteiger partial charge in [-0.15, -0.1) is 0 Å². The van der Waals surface area contributed by atoms with E-state index in [0.29, 0.717) is 0 Å². The molecule has 0 atom stereocenters. The van der Waals surface area contributed by atoms with Crippen LogP contribution in [-0.2, 0) is 0 Å². The fourth-order valence-electron chi connectivity index (χ4n) is 1.50. The molecule has 2 rings (SSSR count). The first-order chi connectivity index (χ1) is 9.25. The van der Waals surface area contributed by atoms with E-state index < -0.39 is 57.8 Å². The van der Waals surface area contributed by atoms with Crippen molar-refractivity contribution < 1.29 is 22.0 Å². The number of rotatable bonds is 1. The molecular formula is C10H6F5N5. The second kappa shape index (κ2) is 4.47. The Morgan fingerprint density at radius 3 is 1.65 bits per heavy atom. The van der Waals surface area contributed by atoms with Crippen molar-refractivity contribution in [3.8, 4) is 11.3 Å². The molecule has 0 bridgehead atoms. The highest BCUT2D eigenvalue weighted by Crippen LogP contribution is 2.34. The zero-order chi connectivity index (χ0) is 15.2. The summed E-state index contributed by atoms with van der Waals surface area (Å²) in [6.45, 7) is 0. The molecule has 0 radical (unpaired) electrons. The van der Waals surface area contributed by atoms with Gasteiger partial charge in [-0.2, -0.15) is 4.98 Å². The second-order valence-corrected chi connectivity index (χ2v) is 3.67. The third-order valence-electron chi connectivity index (χ3n) is 2.43. The minimum Gasteiger partial charge on any atom is -0.394 e. The summed E-state index contributed by atoms with van der Waals surface area (Å²) in [5.41, 5.74) is 11.2. The summed E-state index contributed by atoms with van der Waals surface area (Å²) in [6.07, 6.45) is 0. The maximum atomic E-state index is 13.7. The number of anilines is 3. The normalized spacial score (nSPS) is 10.8. The van der Waals surface area contributed by atoms with E-state index in [-0.39, 0.29) is 0 Å². The van der Waals surface area contributed by atoms with Gasteiger partial charge in [0.2, 0.25) is 5.95 Å². The first-order valence-electron chi connectivity index (χ1n) is 4.96. The lowest BCUT2D eigenvalue weighted by Crippen LogP contribution is -2.10. The number of aromatic nitrogens is 2. The van der Waals surface area contributed by atoms with Gasteiger partial charge in [0.25, 0.3) is 0 Å². The molecule has 20 heavy (non-hydrogen) atoms. The summed E-state index contributed by atoms with van der Waals surface area (Å²) in [7, 11) is 0. The largest absolute Gasteiger partial charge is 0.394 e. The van der Waals surface area contributed by atoms with E-state index in [4.69, 9.17) is 17.2 Å². The van der Waals surface area contributed by atoms with Gasteiger partial charge in [0, 0.05) is 0 Å². The number of nitrogen functional groups attached to an aromatic ring is 3. The second-order valence-electron chi connectivity index (χ2n) is 3.67. The van der Waals surface area contributed by atoms with Crippen molar-refractivity contribution in [1.82, 2.24) is 9.97 Å². The molecule has 5 nitrogen and oxygen atoms in total. The summed E-state index contributed by atoms with van der Waals surface area (Å²) >= 11 is 0. The van der Waals surface area contributed by atoms with Crippen LogP contribution in [0.3, 0.4) is 0 Å². The zero-order valence-corrected chi connectivity index (χ0v) is 9.52. The van der Waals surface area contributed by atoms with E-state index in [1.54, 1.807) is 0 Å². The van der Waals surface area contributed by atoms with Gasteiger partial charge in [-0.1, -0.05) is 0 Å². The smallest absolute Gasteiger partial charge is 0.222 e. The van der Waals surface area contributed by atoms with Crippen molar-refractivity contribution in [1.29, 1.82) is 0 Å². The summed E-state index contributed by atoms with van der Waals surface area (Å²) in [5, 5.41) is 0. The molecule has 0 fully saturated rings. The summed E-state index contributed by atoms with van der Waals surface area (Å²) in [4.78, 5) is 6.39. The van der Waals surface area contributed by atoms with Crippen LogP contribution in [0.2, 0.25) is 0 Å². The van der Waals surface area contributed by atoms with Gasteiger partial charge in [0.1, 0.15) is 11.4 Å². The Labute approximate surface area is 108 Å². The third kappa shape index (κ3) is 1.85. The van der Waals surface area contributed by atoms with E-state index in [2.05, 4.69) is 9.97 Å². The fraction of sp³-hybridized carbons (Fsp3) is 0. The Hall–Kier alpha value is -2.65.